The second-order valence-corrected chi connectivity index (χ2v) is 9.52. The summed E-state index contributed by atoms with van der Waals surface area (Å²) in [6.07, 6.45) is 3.68. The monoisotopic (exact) mass is 513 g/mol. The number of carbonyl (C=O) groups excluding carboxylic acids is 3. The van der Waals surface area contributed by atoms with Gasteiger partial charge in [-0.25, -0.2) is 9.07 Å². The summed E-state index contributed by atoms with van der Waals surface area (Å²) in [7, 11) is 0. The van der Waals surface area contributed by atoms with E-state index in [0.717, 1.165) is 25.7 Å². The summed E-state index contributed by atoms with van der Waals surface area (Å²) >= 11 is 0. The molecule has 5 rings (SSSR count). The molecule has 38 heavy (non-hydrogen) atoms. The van der Waals surface area contributed by atoms with Crippen molar-refractivity contribution in [2.24, 2.45) is 0 Å². The molecule has 0 spiro atoms. The minimum absolute atomic E-state index is 0.0342. The molecule has 1 aliphatic carbocycles. The highest BCUT2D eigenvalue weighted by Gasteiger charge is 2.36. The molecule has 194 valence electrons. The summed E-state index contributed by atoms with van der Waals surface area (Å²) < 4.78 is 16.7. The third-order valence-corrected chi connectivity index (χ3v) is 6.93. The molecule has 1 N–H and O–H groups in total. The Kier molecular flexibility index (Phi) is 7.26. The van der Waals surface area contributed by atoms with Crippen LogP contribution in [0.25, 0.3) is 11.0 Å². The van der Waals surface area contributed by atoms with Crippen molar-refractivity contribution in [3.05, 3.63) is 89.7 Å². The average Bonchev–Trinajstić information content (AvgIpc) is 3.58. The van der Waals surface area contributed by atoms with Gasteiger partial charge in [-0.1, -0.05) is 48.4 Å². The molecule has 1 fully saturated rings. The molecular weight excluding hydrogens is 485 g/mol. The van der Waals surface area contributed by atoms with E-state index >= 15 is 4.39 Å². The highest BCUT2D eigenvalue weighted by molar-refractivity contribution is 6.02. The quantitative estimate of drug-likeness (QED) is 0.347. The lowest BCUT2D eigenvalue weighted by Gasteiger charge is -2.32. The molecule has 0 bridgehead atoms. The Morgan fingerprint density at radius 3 is 2.39 bits per heavy atom. The van der Waals surface area contributed by atoms with Gasteiger partial charge in [-0.15, -0.1) is 5.10 Å². The third kappa shape index (κ3) is 5.18. The zero-order valence-corrected chi connectivity index (χ0v) is 21.0. The van der Waals surface area contributed by atoms with Crippen molar-refractivity contribution in [2.45, 2.75) is 51.2 Å². The number of benzene rings is 3. The molecule has 0 unspecified atom stereocenters. The molecule has 3 aromatic carbocycles. The maximum atomic E-state index is 15.2. The van der Waals surface area contributed by atoms with Gasteiger partial charge in [-0.05, 0) is 62.2 Å². The minimum atomic E-state index is -1.28. The molecule has 0 radical (unpaired) electrons. The van der Waals surface area contributed by atoms with Crippen LogP contribution in [0, 0.1) is 5.82 Å². The number of halogens is 1. The normalized spacial score (nSPS) is 14.4. The SMILES string of the molecule is CC(=O)c1ccc(N(C(=O)Cn2nnc3ccccc32)[C@@H](C(=O)NC2CCCC2)c2ccccc2F)cc1. The van der Waals surface area contributed by atoms with Gasteiger partial charge in [0.15, 0.2) is 5.78 Å². The van der Waals surface area contributed by atoms with Crippen molar-refractivity contribution in [1.82, 2.24) is 20.3 Å². The molecule has 0 saturated heterocycles. The molecule has 1 heterocycles. The first-order chi connectivity index (χ1) is 18.4. The zero-order valence-electron chi connectivity index (χ0n) is 21.0. The fourth-order valence-corrected chi connectivity index (χ4v) is 4.98. The molecule has 0 aliphatic heterocycles. The van der Waals surface area contributed by atoms with E-state index in [9.17, 15) is 14.4 Å². The van der Waals surface area contributed by atoms with E-state index in [1.165, 1.54) is 28.6 Å². The highest BCUT2D eigenvalue weighted by atomic mass is 19.1. The number of hydrogen-bond acceptors (Lipinski definition) is 5. The number of carbonyl (C=O) groups is 3. The lowest BCUT2D eigenvalue weighted by Crippen LogP contribution is -2.47. The number of amides is 2. The van der Waals surface area contributed by atoms with E-state index in [2.05, 4.69) is 15.6 Å². The number of anilines is 1. The van der Waals surface area contributed by atoms with Crippen LogP contribution >= 0.6 is 0 Å². The Morgan fingerprint density at radius 1 is 1.00 bits per heavy atom. The first-order valence-corrected chi connectivity index (χ1v) is 12.7. The summed E-state index contributed by atoms with van der Waals surface area (Å²) in [6, 6.07) is 18.3. The van der Waals surface area contributed by atoms with Crippen LogP contribution in [0.2, 0.25) is 0 Å². The van der Waals surface area contributed by atoms with E-state index in [4.69, 9.17) is 0 Å². The Morgan fingerprint density at radius 2 is 1.68 bits per heavy atom. The standard InChI is InChI=1S/C29H28FN5O3/c1-19(36)20-14-16-22(17-15-20)35(27(37)18-34-26-13-7-6-12-25(26)32-33-34)28(23-10-4-5-11-24(23)30)29(38)31-21-8-2-3-9-21/h4-7,10-17,21,28H,2-3,8-9,18H2,1H3,(H,31,38)/t28-/m1/s1. The van der Waals surface area contributed by atoms with Gasteiger partial charge in [0.1, 0.15) is 23.9 Å². The molecule has 1 aliphatic rings. The number of nitrogens with one attached hydrogen (secondary N) is 1. The molecule has 1 saturated carbocycles. The first-order valence-electron chi connectivity index (χ1n) is 12.7. The molecule has 9 heteroatoms. The number of ketones is 1. The number of para-hydroxylation sites is 1. The molecule has 2 amide bonds. The number of rotatable bonds is 8. The lowest BCUT2D eigenvalue weighted by molar-refractivity contribution is -0.127. The second-order valence-electron chi connectivity index (χ2n) is 9.52. The van der Waals surface area contributed by atoms with Crippen LogP contribution in [0.15, 0.2) is 72.8 Å². The van der Waals surface area contributed by atoms with Crippen LogP contribution in [0.4, 0.5) is 10.1 Å². The van der Waals surface area contributed by atoms with Crippen molar-refractivity contribution in [2.75, 3.05) is 4.90 Å². The fourth-order valence-electron chi connectivity index (χ4n) is 4.98. The summed E-state index contributed by atoms with van der Waals surface area (Å²) in [5.41, 5.74) is 2.18. The topological polar surface area (TPSA) is 97.2 Å². The van der Waals surface area contributed by atoms with E-state index < -0.39 is 23.7 Å². The lowest BCUT2D eigenvalue weighted by atomic mass is 10.0. The van der Waals surface area contributed by atoms with Gasteiger partial charge in [0, 0.05) is 22.9 Å². The van der Waals surface area contributed by atoms with Crippen molar-refractivity contribution >= 4 is 34.3 Å². The van der Waals surface area contributed by atoms with E-state index in [0.29, 0.717) is 22.3 Å². The summed E-state index contributed by atoms with van der Waals surface area (Å²) in [4.78, 5) is 41.0. The predicted molar refractivity (Wildman–Crippen MR) is 141 cm³/mol. The van der Waals surface area contributed by atoms with Gasteiger partial charge in [-0.2, -0.15) is 0 Å². The molecule has 8 nitrogen and oxygen atoms in total. The number of aromatic nitrogens is 3. The van der Waals surface area contributed by atoms with Gasteiger partial charge in [0.25, 0.3) is 0 Å². The Labute approximate surface area is 219 Å². The minimum Gasteiger partial charge on any atom is -0.351 e. The molecule has 1 atom stereocenters. The second kappa shape index (κ2) is 10.9. The Hall–Kier alpha value is -4.40. The Balaban J connectivity index is 1.59. The van der Waals surface area contributed by atoms with E-state index in [1.807, 2.05) is 12.1 Å². The average molecular weight is 514 g/mol. The highest BCUT2D eigenvalue weighted by Crippen LogP contribution is 2.31. The van der Waals surface area contributed by atoms with Crippen LogP contribution < -0.4 is 10.2 Å². The molecular formula is C29H28FN5O3. The zero-order chi connectivity index (χ0) is 26.6. The van der Waals surface area contributed by atoms with Crippen LogP contribution in [0.5, 0.6) is 0 Å². The van der Waals surface area contributed by atoms with Crippen LogP contribution in [0.1, 0.15) is 54.6 Å². The number of nitrogens with zero attached hydrogens (tertiary/aromatic N) is 4. The summed E-state index contributed by atoms with van der Waals surface area (Å²) in [5.74, 6) is -1.67. The van der Waals surface area contributed by atoms with Crippen molar-refractivity contribution in [3.63, 3.8) is 0 Å². The van der Waals surface area contributed by atoms with Crippen molar-refractivity contribution < 1.29 is 18.8 Å². The Bertz CT molecular complexity index is 1480. The number of fused-ring (bicyclic) bond motifs is 1. The van der Waals surface area contributed by atoms with E-state index in [-0.39, 0.29) is 23.9 Å². The predicted octanol–water partition coefficient (Wildman–Crippen LogP) is 4.61. The molecule has 1 aromatic heterocycles. The largest absolute Gasteiger partial charge is 0.351 e. The number of Topliss-reactive ketones (excluding diaryl/α,β-unsaturated/α-hetero) is 1. The molecule has 4 aromatic rings. The van der Waals surface area contributed by atoms with Crippen molar-refractivity contribution in [1.29, 1.82) is 0 Å². The first kappa shape index (κ1) is 25.3. The smallest absolute Gasteiger partial charge is 0.249 e. The van der Waals surface area contributed by atoms with Crippen LogP contribution in [0.3, 0.4) is 0 Å². The maximum Gasteiger partial charge on any atom is 0.249 e. The van der Waals surface area contributed by atoms with Gasteiger partial charge >= 0.3 is 0 Å². The number of hydrogen-bond donors (Lipinski definition) is 1. The van der Waals surface area contributed by atoms with Crippen LogP contribution in [-0.4, -0.2) is 38.6 Å². The van der Waals surface area contributed by atoms with Crippen molar-refractivity contribution in [3.8, 4) is 0 Å². The summed E-state index contributed by atoms with van der Waals surface area (Å²) in [5, 5.41) is 11.3. The van der Waals surface area contributed by atoms with Crippen LogP contribution in [-0.2, 0) is 16.1 Å². The van der Waals surface area contributed by atoms with Gasteiger partial charge in [0.2, 0.25) is 11.8 Å². The maximum absolute atomic E-state index is 15.2. The van der Waals surface area contributed by atoms with Gasteiger partial charge in [-0.3, -0.25) is 19.3 Å². The van der Waals surface area contributed by atoms with Gasteiger partial charge < -0.3 is 5.32 Å². The van der Waals surface area contributed by atoms with Gasteiger partial charge in [0.05, 0.1) is 5.52 Å². The fraction of sp³-hybridized carbons (Fsp3) is 0.276. The van der Waals surface area contributed by atoms with E-state index in [1.54, 1.807) is 48.5 Å². The summed E-state index contributed by atoms with van der Waals surface area (Å²) in [6.45, 7) is 1.22. The third-order valence-electron chi connectivity index (χ3n) is 6.93.